The average molecular weight is 282 g/mol. The van der Waals surface area contributed by atoms with E-state index >= 15 is 0 Å². The fourth-order valence-electron chi connectivity index (χ4n) is 1.80. The van der Waals surface area contributed by atoms with Gasteiger partial charge in [0, 0.05) is 0 Å². The second-order valence-electron chi connectivity index (χ2n) is 4.23. The Kier molecular flexibility index (Phi) is 2.75. The summed E-state index contributed by atoms with van der Waals surface area (Å²) in [5, 5.41) is 9.20. The zero-order valence-electron chi connectivity index (χ0n) is 9.26. The van der Waals surface area contributed by atoms with Crippen LogP contribution in [0.1, 0.15) is 5.56 Å². The lowest BCUT2D eigenvalue weighted by atomic mass is 9.67. The molecule has 1 aliphatic rings. The summed E-state index contributed by atoms with van der Waals surface area (Å²) in [6.07, 6.45) is 0.761. The maximum absolute atomic E-state index is 13.0. The van der Waals surface area contributed by atoms with Crippen LogP contribution in [0.3, 0.4) is 0 Å². The minimum atomic E-state index is -5.57. The lowest BCUT2D eigenvalue weighted by Crippen LogP contribution is -2.85. The van der Waals surface area contributed by atoms with Crippen LogP contribution in [0.15, 0.2) is 36.4 Å². The molecule has 1 aromatic rings. The Hall–Kier alpha value is -1.50. The summed E-state index contributed by atoms with van der Waals surface area (Å²) < 4.78 is 77.4. The van der Waals surface area contributed by atoms with Gasteiger partial charge >= 0.3 is 17.8 Å². The van der Waals surface area contributed by atoms with Gasteiger partial charge in [0.2, 0.25) is 5.60 Å². The second kappa shape index (κ2) is 3.75. The van der Waals surface area contributed by atoms with Crippen LogP contribution >= 0.6 is 0 Å². The highest BCUT2D eigenvalue weighted by Gasteiger charge is 2.97. The SMILES string of the molecule is OC1(C=Cc2ccccc2)C(F)(F)C(F)(F)C1(F)F. The summed E-state index contributed by atoms with van der Waals surface area (Å²) >= 11 is 0. The predicted molar refractivity (Wildman–Crippen MR) is 55.3 cm³/mol. The molecule has 0 aliphatic heterocycles. The van der Waals surface area contributed by atoms with Crippen molar-refractivity contribution in [1.29, 1.82) is 0 Å². The molecule has 104 valence electrons. The number of rotatable bonds is 2. The van der Waals surface area contributed by atoms with Gasteiger partial charge in [-0.1, -0.05) is 36.4 Å². The Bertz CT molecular complexity index is 490. The van der Waals surface area contributed by atoms with E-state index in [1.54, 1.807) is 6.07 Å². The van der Waals surface area contributed by atoms with E-state index in [2.05, 4.69) is 0 Å². The summed E-state index contributed by atoms with van der Waals surface area (Å²) in [5.41, 5.74) is -3.97. The van der Waals surface area contributed by atoms with E-state index < -0.39 is 23.4 Å². The molecule has 1 aliphatic carbocycles. The van der Waals surface area contributed by atoms with Crippen LogP contribution in [-0.2, 0) is 0 Å². The van der Waals surface area contributed by atoms with E-state index in [9.17, 15) is 31.4 Å². The van der Waals surface area contributed by atoms with E-state index in [1.807, 2.05) is 0 Å². The predicted octanol–water partition coefficient (Wildman–Crippen LogP) is 3.35. The summed E-state index contributed by atoms with van der Waals surface area (Å²) in [5.74, 6) is -16.0. The summed E-state index contributed by atoms with van der Waals surface area (Å²) in [7, 11) is 0. The molecule has 0 bridgehead atoms. The first-order valence-corrected chi connectivity index (χ1v) is 5.18. The first-order chi connectivity index (χ1) is 8.58. The van der Waals surface area contributed by atoms with E-state index in [4.69, 9.17) is 0 Å². The van der Waals surface area contributed by atoms with Gasteiger partial charge in [-0.25, -0.2) is 0 Å². The Balaban J connectivity index is 2.37. The van der Waals surface area contributed by atoms with Gasteiger partial charge < -0.3 is 5.11 Å². The van der Waals surface area contributed by atoms with Gasteiger partial charge in [-0.2, -0.15) is 26.3 Å². The molecule has 0 atom stereocenters. The summed E-state index contributed by atoms with van der Waals surface area (Å²) in [6.45, 7) is 0. The minimum absolute atomic E-state index is 0.0136. The van der Waals surface area contributed by atoms with Crippen LogP contribution in [0, 0.1) is 0 Å². The Morgan fingerprint density at radius 2 is 1.26 bits per heavy atom. The fourth-order valence-corrected chi connectivity index (χ4v) is 1.80. The normalized spacial score (nSPS) is 26.1. The first-order valence-electron chi connectivity index (χ1n) is 5.18. The van der Waals surface area contributed by atoms with Crippen LogP contribution in [0.5, 0.6) is 0 Å². The van der Waals surface area contributed by atoms with Crippen molar-refractivity contribution in [2.75, 3.05) is 0 Å². The molecule has 1 N–H and O–H groups in total. The molecule has 0 heterocycles. The number of alkyl halides is 6. The van der Waals surface area contributed by atoms with Crippen molar-refractivity contribution < 1.29 is 31.4 Å². The van der Waals surface area contributed by atoms with E-state index in [0.29, 0.717) is 0 Å². The van der Waals surface area contributed by atoms with Crippen LogP contribution in [0.4, 0.5) is 26.3 Å². The maximum Gasteiger partial charge on any atom is 0.379 e. The van der Waals surface area contributed by atoms with E-state index in [0.717, 1.165) is 6.08 Å². The van der Waals surface area contributed by atoms with Crippen LogP contribution in [0.25, 0.3) is 6.08 Å². The molecule has 7 heteroatoms. The summed E-state index contributed by atoms with van der Waals surface area (Å²) in [6, 6.07) is 7.34. The molecule has 1 nitrogen and oxygen atoms in total. The zero-order chi connectivity index (χ0) is 14.5. The Morgan fingerprint density at radius 3 is 1.74 bits per heavy atom. The molecule has 0 amide bonds. The smallest absolute Gasteiger partial charge is 0.374 e. The number of hydrogen-bond acceptors (Lipinski definition) is 1. The lowest BCUT2D eigenvalue weighted by Gasteiger charge is -2.54. The Morgan fingerprint density at radius 1 is 0.789 bits per heavy atom. The van der Waals surface area contributed by atoms with Crippen molar-refractivity contribution >= 4 is 6.08 Å². The lowest BCUT2D eigenvalue weighted by molar-refractivity contribution is -0.475. The molecule has 2 rings (SSSR count). The standard InChI is InChI=1S/C12H8F6O/c13-10(14)9(19,11(15,16)12(10,17)18)7-6-8-4-2-1-3-5-8/h1-7,19H. The van der Waals surface area contributed by atoms with Crippen molar-refractivity contribution in [3.8, 4) is 0 Å². The number of hydrogen-bond donors (Lipinski definition) is 1. The number of aliphatic hydroxyl groups is 1. The maximum atomic E-state index is 13.0. The first kappa shape index (κ1) is 13.9. The van der Waals surface area contributed by atoms with Crippen LogP contribution in [-0.4, -0.2) is 28.5 Å². The van der Waals surface area contributed by atoms with Gasteiger partial charge in [0.25, 0.3) is 0 Å². The van der Waals surface area contributed by atoms with Gasteiger partial charge in [0.1, 0.15) is 0 Å². The van der Waals surface area contributed by atoms with Crippen LogP contribution in [0.2, 0.25) is 0 Å². The highest BCUT2D eigenvalue weighted by Crippen LogP contribution is 2.67. The monoisotopic (exact) mass is 282 g/mol. The van der Waals surface area contributed by atoms with Gasteiger partial charge in [0.05, 0.1) is 0 Å². The minimum Gasteiger partial charge on any atom is -0.374 e. The molecular weight excluding hydrogens is 274 g/mol. The zero-order valence-corrected chi connectivity index (χ0v) is 9.26. The third-order valence-corrected chi connectivity index (χ3v) is 3.06. The summed E-state index contributed by atoms with van der Waals surface area (Å²) in [4.78, 5) is 0. The second-order valence-corrected chi connectivity index (χ2v) is 4.23. The van der Waals surface area contributed by atoms with Crippen molar-refractivity contribution in [2.45, 2.75) is 23.4 Å². The molecular formula is C12H8F6O. The third-order valence-electron chi connectivity index (χ3n) is 3.06. The molecule has 1 fully saturated rings. The van der Waals surface area contributed by atoms with Crippen molar-refractivity contribution in [3.63, 3.8) is 0 Å². The van der Waals surface area contributed by atoms with E-state index in [1.165, 1.54) is 24.3 Å². The third kappa shape index (κ3) is 1.47. The molecule has 0 saturated heterocycles. The Labute approximate surface area is 104 Å². The quantitative estimate of drug-likeness (QED) is 0.825. The fraction of sp³-hybridized carbons (Fsp3) is 0.333. The molecule has 19 heavy (non-hydrogen) atoms. The molecule has 0 aromatic heterocycles. The topological polar surface area (TPSA) is 20.2 Å². The number of halogens is 6. The van der Waals surface area contributed by atoms with Gasteiger partial charge in [-0.3, -0.25) is 0 Å². The number of benzene rings is 1. The highest BCUT2D eigenvalue weighted by atomic mass is 19.4. The van der Waals surface area contributed by atoms with Gasteiger partial charge in [0.15, 0.2) is 0 Å². The van der Waals surface area contributed by atoms with E-state index in [-0.39, 0.29) is 11.6 Å². The molecule has 0 radical (unpaired) electrons. The molecule has 0 unspecified atom stereocenters. The van der Waals surface area contributed by atoms with Gasteiger partial charge in [-0.15, -0.1) is 0 Å². The average Bonchev–Trinajstić information content (AvgIpc) is 2.35. The largest absolute Gasteiger partial charge is 0.379 e. The molecule has 1 saturated carbocycles. The van der Waals surface area contributed by atoms with Crippen molar-refractivity contribution in [3.05, 3.63) is 42.0 Å². The van der Waals surface area contributed by atoms with Crippen molar-refractivity contribution in [1.82, 2.24) is 0 Å². The highest BCUT2D eigenvalue weighted by molar-refractivity contribution is 5.53. The van der Waals surface area contributed by atoms with Crippen LogP contribution < -0.4 is 0 Å². The van der Waals surface area contributed by atoms with Gasteiger partial charge in [-0.05, 0) is 11.6 Å². The van der Waals surface area contributed by atoms with Crippen molar-refractivity contribution in [2.24, 2.45) is 0 Å². The molecule has 0 spiro atoms. The molecule has 1 aromatic carbocycles.